The lowest BCUT2D eigenvalue weighted by molar-refractivity contribution is 0.0879. The quantitative estimate of drug-likeness (QED) is 0.735. The first kappa shape index (κ1) is 12.8. The molecule has 3 heteroatoms. The van der Waals surface area contributed by atoms with Crippen LogP contribution in [0.1, 0.15) is 31.8 Å². The fourth-order valence-electron chi connectivity index (χ4n) is 3.09. The number of carbonyl (C=O) groups is 2. The zero-order valence-corrected chi connectivity index (χ0v) is 11.8. The molecule has 1 aliphatic rings. The minimum absolute atomic E-state index is 0.296. The van der Waals surface area contributed by atoms with Gasteiger partial charge in [-0.3, -0.25) is 14.9 Å². The van der Waals surface area contributed by atoms with Crippen LogP contribution in [0.25, 0.3) is 10.8 Å². The van der Waals surface area contributed by atoms with Gasteiger partial charge in [0, 0.05) is 0 Å². The summed E-state index contributed by atoms with van der Waals surface area (Å²) < 4.78 is 0. The molecule has 3 aromatic rings. The largest absolute Gasteiger partial charge is 0.288 e. The average Bonchev–Trinajstić information content (AvgIpc) is 2.83. The zero-order chi connectivity index (χ0) is 15.1. The monoisotopic (exact) mass is 287 g/mol. The van der Waals surface area contributed by atoms with E-state index in [9.17, 15) is 9.59 Å². The molecule has 4 rings (SSSR count). The summed E-state index contributed by atoms with van der Waals surface area (Å²) in [6.07, 6.45) is 0.630. The van der Waals surface area contributed by atoms with Gasteiger partial charge >= 0.3 is 0 Å². The number of nitrogens with one attached hydrogen (secondary N) is 1. The number of fused-ring (bicyclic) bond motifs is 2. The molecule has 0 fully saturated rings. The van der Waals surface area contributed by atoms with E-state index in [4.69, 9.17) is 0 Å². The molecule has 2 amide bonds. The van der Waals surface area contributed by atoms with Gasteiger partial charge in [0.05, 0.1) is 11.1 Å². The standard InChI is InChI=1S/C19H13NO2/c21-18-16-10-4-8-14(17(16)19(22)20-18)11-13-7-3-6-12-5-1-2-9-15(12)13/h1-10H,11H2,(H,20,21,22). The molecule has 1 heterocycles. The van der Waals surface area contributed by atoms with Crippen LogP contribution in [-0.2, 0) is 6.42 Å². The van der Waals surface area contributed by atoms with E-state index in [1.165, 1.54) is 10.8 Å². The maximum Gasteiger partial charge on any atom is 0.259 e. The second-order valence-electron chi connectivity index (χ2n) is 5.44. The van der Waals surface area contributed by atoms with Gasteiger partial charge in [0.25, 0.3) is 11.8 Å². The predicted octanol–water partition coefficient (Wildman–Crippen LogP) is 3.31. The molecule has 0 aliphatic carbocycles. The summed E-state index contributed by atoms with van der Waals surface area (Å²) in [7, 11) is 0. The highest BCUT2D eigenvalue weighted by Crippen LogP contribution is 2.26. The molecule has 0 saturated heterocycles. The van der Waals surface area contributed by atoms with Gasteiger partial charge < -0.3 is 0 Å². The molecule has 1 N–H and O–H groups in total. The van der Waals surface area contributed by atoms with Crippen molar-refractivity contribution in [2.75, 3.05) is 0 Å². The van der Waals surface area contributed by atoms with Gasteiger partial charge in [0.1, 0.15) is 0 Å². The molecule has 0 saturated carbocycles. The Morgan fingerprint density at radius 2 is 1.45 bits per heavy atom. The number of hydrogen-bond acceptors (Lipinski definition) is 2. The Kier molecular flexibility index (Phi) is 2.79. The van der Waals surface area contributed by atoms with E-state index >= 15 is 0 Å². The molecular formula is C19H13NO2. The third kappa shape index (κ3) is 1.91. The van der Waals surface area contributed by atoms with Crippen molar-refractivity contribution in [3.8, 4) is 0 Å². The lowest BCUT2D eigenvalue weighted by Gasteiger charge is -2.09. The van der Waals surface area contributed by atoms with Crippen molar-refractivity contribution >= 4 is 22.6 Å². The average molecular weight is 287 g/mol. The first-order chi connectivity index (χ1) is 10.7. The maximum atomic E-state index is 12.0. The van der Waals surface area contributed by atoms with Crippen molar-refractivity contribution < 1.29 is 9.59 Å². The third-order valence-corrected chi connectivity index (χ3v) is 4.11. The molecule has 0 bridgehead atoms. The molecule has 0 spiro atoms. The normalized spacial score (nSPS) is 13.3. The number of rotatable bonds is 2. The van der Waals surface area contributed by atoms with Gasteiger partial charge in [-0.2, -0.15) is 0 Å². The Morgan fingerprint density at radius 1 is 0.727 bits per heavy atom. The van der Waals surface area contributed by atoms with Crippen LogP contribution >= 0.6 is 0 Å². The van der Waals surface area contributed by atoms with Gasteiger partial charge in [-0.25, -0.2) is 0 Å². The van der Waals surface area contributed by atoms with E-state index in [0.29, 0.717) is 17.5 Å². The first-order valence-corrected chi connectivity index (χ1v) is 7.18. The van der Waals surface area contributed by atoms with Crippen LogP contribution in [-0.4, -0.2) is 11.8 Å². The molecule has 3 aromatic carbocycles. The highest BCUT2D eigenvalue weighted by molar-refractivity contribution is 6.22. The summed E-state index contributed by atoms with van der Waals surface area (Å²) in [5.74, 6) is -0.601. The van der Waals surface area contributed by atoms with Crippen LogP contribution in [0.2, 0.25) is 0 Å². The van der Waals surface area contributed by atoms with Gasteiger partial charge in [-0.1, -0.05) is 54.6 Å². The van der Waals surface area contributed by atoms with Gasteiger partial charge in [-0.15, -0.1) is 0 Å². The number of benzene rings is 3. The number of amides is 2. The van der Waals surface area contributed by atoms with E-state index < -0.39 is 0 Å². The summed E-state index contributed by atoms with van der Waals surface area (Å²) in [5, 5.41) is 4.72. The topological polar surface area (TPSA) is 46.2 Å². The first-order valence-electron chi connectivity index (χ1n) is 7.18. The molecule has 1 aliphatic heterocycles. The Balaban J connectivity index is 1.85. The summed E-state index contributed by atoms with van der Waals surface area (Å²) in [6, 6.07) is 19.8. The fraction of sp³-hybridized carbons (Fsp3) is 0.0526. The lowest BCUT2D eigenvalue weighted by Crippen LogP contribution is -2.20. The fourth-order valence-corrected chi connectivity index (χ4v) is 3.09. The smallest absolute Gasteiger partial charge is 0.259 e. The van der Waals surface area contributed by atoms with Crippen LogP contribution < -0.4 is 5.32 Å². The molecule has 0 radical (unpaired) electrons. The van der Waals surface area contributed by atoms with Crippen molar-refractivity contribution in [1.82, 2.24) is 5.32 Å². The predicted molar refractivity (Wildman–Crippen MR) is 85.0 cm³/mol. The van der Waals surface area contributed by atoms with Gasteiger partial charge in [0.2, 0.25) is 0 Å². The number of hydrogen-bond donors (Lipinski definition) is 1. The maximum absolute atomic E-state index is 12.0. The Labute approximate surface area is 127 Å². The van der Waals surface area contributed by atoms with E-state index in [2.05, 4.69) is 29.6 Å². The van der Waals surface area contributed by atoms with Crippen LogP contribution in [0.3, 0.4) is 0 Å². The number of imide groups is 1. The van der Waals surface area contributed by atoms with Gasteiger partial charge in [0.15, 0.2) is 0 Å². The summed E-state index contributed by atoms with van der Waals surface area (Å²) >= 11 is 0. The minimum Gasteiger partial charge on any atom is -0.288 e. The second-order valence-corrected chi connectivity index (χ2v) is 5.44. The van der Waals surface area contributed by atoms with E-state index in [-0.39, 0.29) is 11.8 Å². The molecule has 0 aromatic heterocycles. The van der Waals surface area contributed by atoms with E-state index in [1.54, 1.807) is 6.07 Å². The number of carbonyl (C=O) groups excluding carboxylic acids is 2. The Morgan fingerprint density at radius 3 is 2.36 bits per heavy atom. The summed E-state index contributed by atoms with van der Waals surface area (Å²) in [5.41, 5.74) is 3.03. The molecule has 0 atom stereocenters. The van der Waals surface area contributed by atoms with Crippen molar-refractivity contribution in [1.29, 1.82) is 0 Å². The zero-order valence-electron chi connectivity index (χ0n) is 11.8. The van der Waals surface area contributed by atoms with Crippen LogP contribution in [0.4, 0.5) is 0 Å². The van der Waals surface area contributed by atoms with Gasteiger partial charge in [-0.05, 0) is 34.4 Å². The lowest BCUT2D eigenvalue weighted by atomic mass is 9.94. The van der Waals surface area contributed by atoms with Crippen LogP contribution in [0, 0.1) is 0 Å². The molecule has 3 nitrogen and oxygen atoms in total. The molecule has 0 unspecified atom stereocenters. The second kappa shape index (κ2) is 4.81. The highest BCUT2D eigenvalue weighted by atomic mass is 16.2. The Bertz CT molecular complexity index is 922. The Hall–Kier alpha value is -2.94. The minimum atomic E-state index is -0.306. The summed E-state index contributed by atoms with van der Waals surface area (Å²) in [6.45, 7) is 0. The van der Waals surface area contributed by atoms with E-state index in [0.717, 1.165) is 11.1 Å². The van der Waals surface area contributed by atoms with Crippen LogP contribution in [0.5, 0.6) is 0 Å². The van der Waals surface area contributed by atoms with Crippen molar-refractivity contribution in [3.63, 3.8) is 0 Å². The third-order valence-electron chi connectivity index (χ3n) is 4.11. The highest BCUT2D eigenvalue weighted by Gasteiger charge is 2.28. The molecule has 106 valence electrons. The van der Waals surface area contributed by atoms with Crippen molar-refractivity contribution in [3.05, 3.63) is 82.9 Å². The molecular weight excluding hydrogens is 274 g/mol. The van der Waals surface area contributed by atoms with Crippen molar-refractivity contribution in [2.45, 2.75) is 6.42 Å². The summed E-state index contributed by atoms with van der Waals surface area (Å²) in [4.78, 5) is 23.8. The SMILES string of the molecule is O=C1NC(=O)c2c(Cc3cccc4ccccc34)cccc21. The van der Waals surface area contributed by atoms with Crippen LogP contribution in [0.15, 0.2) is 60.7 Å². The molecule has 22 heavy (non-hydrogen) atoms. The van der Waals surface area contributed by atoms with E-state index in [1.807, 2.05) is 30.3 Å². The van der Waals surface area contributed by atoms with Crippen molar-refractivity contribution in [2.24, 2.45) is 0 Å².